The lowest BCUT2D eigenvalue weighted by Crippen LogP contribution is -2.46. The highest BCUT2D eigenvalue weighted by Crippen LogP contribution is 2.24. The van der Waals surface area contributed by atoms with Crippen LogP contribution in [0.1, 0.15) is 31.7 Å². The molecule has 9 heteroatoms. The van der Waals surface area contributed by atoms with Gasteiger partial charge in [0.1, 0.15) is 5.15 Å². The first-order valence-corrected chi connectivity index (χ1v) is 10.3. The summed E-state index contributed by atoms with van der Waals surface area (Å²) in [5, 5.41) is 8.89. The number of thioether (sulfide) groups is 1. The average Bonchev–Trinajstić information content (AvgIpc) is 2.69. The fraction of sp³-hybridized carbons (Fsp3) is 0.421. The van der Waals surface area contributed by atoms with Crippen molar-refractivity contribution in [3.05, 3.63) is 40.2 Å². The molecule has 2 atom stereocenters. The van der Waals surface area contributed by atoms with Crippen LogP contribution < -0.4 is 21.7 Å². The summed E-state index contributed by atoms with van der Waals surface area (Å²) in [4.78, 5) is 28.1. The number of carbonyl (C=O) groups excluding carboxylic acids is 2. The van der Waals surface area contributed by atoms with E-state index in [0.29, 0.717) is 16.5 Å². The molecule has 3 amide bonds. The van der Waals surface area contributed by atoms with E-state index < -0.39 is 6.03 Å². The predicted octanol–water partition coefficient (Wildman–Crippen LogP) is 1.98. The Hall–Kier alpha value is -2.21. The molecular formula is C19H24ClN5O2S. The van der Waals surface area contributed by atoms with Crippen LogP contribution in [-0.2, 0) is 4.79 Å². The molecule has 1 aromatic rings. The van der Waals surface area contributed by atoms with Crippen molar-refractivity contribution in [2.24, 2.45) is 5.73 Å². The lowest BCUT2D eigenvalue weighted by atomic mass is 10.1. The van der Waals surface area contributed by atoms with E-state index in [9.17, 15) is 9.59 Å². The second kappa shape index (κ2) is 11.6. The molecule has 28 heavy (non-hydrogen) atoms. The van der Waals surface area contributed by atoms with E-state index in [-0.39, 0.29) is 17.2 Å². The number of hydrogen-bond acceptors (Lipinski definition) is 5. The minimum Gasteiger partial charge on any atom is -0.351 e. The Kier molecular flexibility index (Phi) is 9.14. The third-order valence-electron chi connectivity index (χ3n) is 3.95. The van der Waals surface area contributed by atoms with Crippen LogP contribution in [0.15, 0.2) is 29.4 Å². The van der Waals surface area contributed by atoms with Gasteiger partial charge in [0, 0.05) is 30.5 Å². The molecular weight excluding hydrogens is 398 g/mol. The summed E-state index contributed by atoms with van der Waals surface area (Å²) in [5.41, 5.74) is 5.88. The molecule has 5 N–H and O–H groups in total. The quantitative estimate of drug-likeness (QED) is 0.319. The van der Waals surface area contributed by atoms with E-state index in [4.69, 9.17) is 17.3 Å². The molecule has 1 aliphatic heterocycles. The van der Waals surface area contributed by atoms with Gasteiger partial charge in [0.15, 0.2) is 0 Å². The molecule has 1 aliphatic rings. The normalized spacial score (nSPS) is 17.8. The summed E-state index contributed by atoms with van der Waals surface area (Å²) >= 11 is 7.07. The number of pyridine rings is 1. The standard InChI is InChI=1S/C19H24ClN5O2S/c1-2-15(7-5-13-6-8-17(20)23-10-13)28-16(12-24-19(21)27)18(26)25-14-4-3-9-22-11-14/h6,8,10,12,14-15,22H,2-4,9,11H2,1H3,(H,25,26)(H3,21,24,27)/b16-12+/t14-,15?/m0/s1. The van der Waals surface area contributed by atoms with E-state index >= 15 is 0 Å². The number of hydrogen-bond donors (Lipinski definition) is 4. The second-order valence-electron chi connectivity index (χ2n) is 6.19. The molecule has 2 rings (SSSR count). The number of halogens is 1. The van der Waals surface area contributed by atoms with Crippen LogP contribution in [0.4, 0.5) is 4.79 Å². The molecule has 1 unspecified atom stereocenters. The van der Waals surface area contributed by atoms with Gasteiger partial charge in [-0.25, -0.2) is 9.78 Å². The van der Waals surface area contributed by atoms with Gasteiger partial charge in [-0.15, -0.1) is 11.8 Å². The Labute approximate surface area is 174 Å². The Bertz CT molecular complexity index is 767. The van der Waals surface area contributed by atoms with Crippen molar-refractivity contribution in [1.29, 1.82) is 0 Å². The third kappa shape index (κ3) is 7.80. The molecule has 0 saturated carbocycles. The Morgan fingerprint density at radius 2 is 2.36 bits per heavy atom. The van der Waals surface area contributed by atoms with Gasteiger partial charge in [-0.05, 0) is 37.9 Å². The molecule has 0 aromatic carbocycles. The summed E-state index contributed by atoms with van der Waals surface area (Å²) in [6.07, 6.45) is 5.58. The Morgan fingerprint density at radius 3 is 2.96 bits per heavy atom. The number of rotatable bonds is 6. The molecule has 0 aliphatic carbocycles. The largest absolute Gasteiger partial charge is 0.351 e. The molecule has 0 radical (unpaired) electrons. The molecule has 7 nitrogen and oxygen atoms in total. The zero-order valence-electron chi connectivity index (χ0n) is 15.6. The third-order valence-corrected chi connectivity index (χ3v) is 5.46. The van der Waals surface area contributed by atoms with E-state index in [1.54, 1.807) is 18.3 Å². The number of nitrogens with zero attached hydrogens (tertiary/aromatic N) is 1. The van der Waals surface area contributed by atoms with Gasteiger partial charge < -0.3 is 21.7 Å². The van der Waals surface area contributed by atoms with Crippen molar-refractivity contribution in [2.75, 3.05) is 13.1 Å². The molecule has 0 spiro atoms. The number of nitrogens with one attached hydrogen (secondary N) is 3. The summed E-state index contributed by atoms with van der Waals surface area (Å²) in [5.74, 6) is 5.93. The van der Waals surface area contributed by atoms with Crippen molar-refractivity contribution in [3.8, 4) is 11.8 Å². The maximum Gasteiger partial charge on any atom is 0.316 e. The minimum absolute atomic E-state index is 0.0603. The fourth-order valence-corrected chi connectivity index (χ4v) is 3.50. The van der Waals surface area contributed by atoms with Crippen LogP contribution >= 0.6 is 23.4 Å². The highest BCUT2D eigenvalue weighted by molar-refractivity contribution is 8.04. The monoisotopic (exact) mass is 421 g/mol. The SMILES string of the molecule is CCC(C#Cc1ccc(Cl)nc1)S/C(=C/NC(N)=O)C(=O)N[C@H]1CCCNC1. The summed E-state index contributed by atoms with van der Waals surface area (Å²) in [6.45, 7) is 3.67. The number of urea groups is 1. The summed E-state index contributed by atoms with van der Waals surface area (Å²) in [7, 11) is 0. The zero-order chi connectivity index (χ0) is 20.4. The lowest BCUT2D eigenvalue weighted by Gasteiger charge is -2.24. The van der Waals surface area contributed by atoms with Crippen molar-refractivity contribution in [1.82, 2.24) is 20.9 Å². The summed E-state index contributed by atoms with van der Waals surface area (Å²) < 4.78 is 0. The van der Waals surface area contributed by atoms with Crippen molar-refractivity contribution in [3.63, 3.8) is 0 Å². The molecule has 0 bridgehead atoms. The van der Waals surface area contributed by atoms with Crippen LogP contribution in [0.5, 0.6) is 0 Å². The first-order valence-electron chi connectivity index (χ1n) is 9.05. The predicted molar refractivity (Wildman–Crippen MR) is 113 cm³/mol. The van der Waals surface area contributed by atoms with E-state index in [1.807, 2.05) is 6.92 Å². The fourth-order valence-electron chi connectivity index (χ4n) is 2.50. The first-order chi connectivity index (χ1) is 13.5. The van der Waals surface area contributed by atoms with Crippen molar-refractivity contribution in [2.45, 2.75) is 37.5 Å². The molecule has 1 fully saturated rings. The van der Waals surface area contributed by atoms with Gasteiger partial charge in [-0.2, -0.15) is 0 Å². The second-order valence-corrected chi connectivity index (χ2v) is 7.82. The van der Waals surface area contributed by atoms with Crippen LogP contribution in [-0.4, -0.2) is 41.3 Å². The van der Waals surface area contributed by atoms with Crippen LogP contribution in [0.2, 0.25) is 5.15 Å². The minimum atomic E-state index is -0.725. The van der Waals surface area contributed by atoms with E-state index in [0.717, 1.165) is 31.5 Å². The van der Waals surface area contributed by atoms with Gasteiger partial charge in [0.25, 0.3) is 5.91 Å². The topological polar surface area (TPSA) is 109 Å². The lowest BCUT2D eigenvalue weighted by molar-refractivity contribution is -0.117. The van der Waals surface area contributed by atoms with Gasteiger partial charge in [0.2, 0.25) is 0 Å². The number of nitrogens with two attached hydrogens (primary N) is 1. The van der Waals surface area contributed by atoms with Gasteiger partial charge >= 0.3 is 6.03 Å². The number of amides is 3. The first kappa shape index (κ1) is 22.1. The maximum absolute atomic E-state index is 12.7. The summed E-state index contributed by atoms with van der Waals surface area (Å²) in [6, 6.07) is 2.79. The highest BCUT2D eigenvalue weighted by atomic mass is 35.5. The van der Waals surface area contributed by atoms with Gasteiger partial charge in [-0.1, -0.05) is 30.4 Å². The number of carbonyl (C=O) groups is 2. The molecule has 1 saturated heterocycles. The zero-order valence-corrected chi connectivity index (χ0v) is 17.2. The highest BCUT2D eigenvalue weighted by Gasteiger charge is 2.20. The molecule has 150 valence electrons. The van der Waals surface area contributed by atoms with Crippen molar-refractivity contribution < 1.29 is 9.59 Å². The van der Waals surface area contributed by atoms with Gasteiger partial charge in [-0.3, -0.25) is 4.79 Å². The van der Waals surface area contributed by atoms with Crippen LogP contribution in [0.3, 0.4) is 0 Å². The van der Waals surface area contributed by atoms with Crippen molar-refractivity contribution >= 4 is 35.3 Å². The molecule has 2 heterocycles. The van der Waals surface area contributed by atoms with Crippen LogP contribution in [0.25, 0.3) is 0 Å². The molecule has 1 aromatic heterocycles. The van der Waals surface area contributed by atoms with E-state index in [1.165, 1.54) is 18.0 Å². The Balaban J connectivity index is 2.08. The number of piperidine rings is 1. The van der Waals surface area contributed by atoms with E-state index in [2.05, 4.69) is 32.8 Å². The smallest absolute Gasteiger partial charge is 0.316 e. The maximum atomic E-state index is 12.7. The average molecular weight is 422 g/mol. The number of primary amides is 1. The Morgan fingerprint density at radius 1 is 1.54 bits per heavy atom. The number of aromatic nitrogens is 1. The van der Waals surface area contributed by atoms with Crippen LogP contribution in [0, 0.1) is 11.8 Å². The van der Waals surface area contributed by atoms with Gasteiger partial charge in [0.05, 0.1) is 10.2 Å².